The zero-order valence-electron chi connectivity index (χ0n) is 18.4. The van der Waals surface area contributed by atoms with E-state index < -0.39 is 38.6 Å². The first-order chi connectivity index (χ1) is 14.8. The highest BCUT2D eigenvalue weighted by atomic mass is 32.2. The fourth-order valence-corrected chi connectivity index (χ4v) is 3.39. The molecule has 3 N–H and O–H groups in total. The van der Waals surface area contributed by atoms with E-state index >= 15 is 0 Å². The SMILES string of the molecule is COC(=O)Nc1ccc(-c2cc(C[C@H](NC(=O)OC(C)(C)C)S(C)(=O)=O)n[nH]c2=O)cc1. The van der Waals surface area contributed by atoms with Crippen molar-refractivity contribution in [2.75, 3.05) is 18.7 Å². The van der Waals surface area contributed by atoms with Crippen LogP contribution < -0.4 is 16.2 Å². The molecule has 0 aliphatic carbocycles. The highest BCUT2D eigenvalue weighted by molar-refractivity contribution is 7.91. The Labute approximate surface area is 185 Å². The predicted octanol–water partition coefficient (Wildman–Crippen LogP) is 2.05. The minimum absolute atomic E-state index is 0.191. The molecule has 0 fully saturated rings. The highest BCUT2D eigenvalue weighted by Gasteiger charge is 2.27. The van der Waals surface area contributed by atoms with Gasteiger partial charge in [-0.1, -0.05) is 12.1 Å². The second-order valence-electron chi connectivity index (χ2n) is 7.96. The molecule has 0 saturated carbocycles. The van der Waals surface area contributed by atoms with E-state index in [-0.39, 0.29) is 17.7 Å². The van der Waals surface area contributed by atoms with Crippen LogP contribution in [0.3, 0.4) is 0 Å². The number of hydrogen-bond donors (Lipinski definition) is 3. The van der Waals surface area contributed by atoms with Crippen molar-refractivity contribution in [2.24, 2.45) is 0 Å². The van der Waals surface area contributed by atoms with Crippen LogP contribution in [0, 0.1) is 0 Å². The van der Waals surface area contributed by atoms with Crippen molar-refractivity contribution in [3.05, 3.63) is 46.4 Å². The zero-order chi connectivity index (χ0) is 24.1. The first-order valence-corrected chi connectivity index (χ1v) is 11.5. The Hall–Kier alpha value is -3.41. The maximum Gasteiger partial charge on any atom is 0.411 e. The van der Waals surface area contributed by atoms with Gasteiger partial charge in [0, 0.05) is 18.4 Å². The third-order valence-corrected chi connectivity index (χ3v) is 5.39. The average molecular weight is 467 g/mol. The maximum atomic E-state index is 12.3. The lowest BCUT2D eigenvalue weighted by Gasteiger charge is -2.22. The van der Waals surface area contributed by atoms with Crippen LogP contribution in [0.1, 0.15) is 26.5 Å². The molecule has 11 nitrogen and oxygen atoms in total. The van der Waals surface area contributed by atoms with Crippen molar-refractivity contribution in [3.8, 4) is 11.1 Å². The summed E-state index contributed by atoms with van der Waals surface area (Å²) in [5.41, 5.74) is 0.168. The number of hydrogen-bond acceptors (Lipinski definition) is 8. The number of nitrogens with one attached hydrogen (secondary N) is 3. The molecule has 1 aromatic carbocycles. The number of carbonyl (C=O) groups is 2. The summed E-state index contributed by atoms with van der Waals surface area (Å²) in [6.45, 7) is 4.97. The number of amides is 2. The Morgan fingerprint density at radius 1 is 1.16 bits per heavy atom. The summed E-state index contributed by atoms with van der Waals surface area (Å²) in [4.78, 5) is 35.6. The number of benzene rings is 1. The Kier molecular flexibility index (Phi) is 7.62. The van der Waals surface area contributed by atoms with Crippen LogP contribution in [-0.2, 0) is 25.7 Å². The van der Waals surface area contributed by atoms with Gasteiger partial charge in [-0.15, -0.1) is 0 Å². The van der Waals surface area contributed by atoms with Crippen molar-refractivity contribution >= 4 is 27.7 Å². The number of carbonyl (C=O) groups excluding carboxylic acids is 2. The third-order valence-electron chi connectivity index (χ3n) is 4.07. The van der Waals surface area contributed by atoms with Gasteiger partial charge in [0.25, 0.3) is 5.56 Å². The van der Waals surface area contributed by atoms with E-state index in [0.717, 1.165) is 6.26 Å². The molecule has 0 aliphatic rings. The number of sulfone groups is 1. The molecule has 0 spiro atoms. The van der Waals surface area contributed by atoms with Crippen LogP contribution in [0.2, 0.25) is 0 Å². The number of aromatic nitrogens is 2. The van der Waals surface area contributed by atoms with Crippen LogP contribution in [0.5, 0.6) is 0 Å². The summed E-state index contributed by atoms with van der Waals surface area (Å²) in [6, 6.07) is 7.81. The molecule has 1 aromatic heterocycles. The fourth-order valence-electron chi connectivity index (χ4n) is 2.61. The van der Waals surface area contributed by atoms with Gasteiger partial charge in [-0.2, -0.15) is 5.10 Å². The van der Waals surface area contributed by atoms with Crippen LogP contribution in [0.4, 0.5) is 15.3 Å². The Morgan fingerprint density at radius 3 is 2.31 bits per heavy atom. The standard InChI is InChI=1S/C20H26N4O7S/c1-20(2,3)31-19(27)22-16(32(5,28)29)11-14-10-15(17(25)24-23-14)12-6-8-13(9-7-12)21-18(26)30-4/h6-10,16H,11H2,1-5H3,(H,21,26)(H,22,27)(H,24,25)/t16-/m1/s1. The molecule has 32 heavy (non-hydrogen) atoms. The summed E-state index contributed by atoms with van der Waals surface area (Å²) >= 11 is 0. The molecule has 0 radical (unpaired) electrons. The van der Waals surface area contributed by atoms with Gasteiger partial charge in [-0.05, 0) is 44.5 Å². The molecule has 2 aromatic rings. The van der Waals surface area contributed by atoms with Gasteiger partial charge in [0.1, 0.15) is 11.0 Å². The number of alkyl carbamates (subject to hydrolysis) is 1. The van der Waals surface area contributed by atoms with Gasteiger partial charge in [-0.3, -0.25) is 10.1 Å². The molecule has 0 saturated heterocycles. The molecule has 0 bridgehead atoms. The van der Waals surface area contributed by atoms with Crippen LogP contribution in [0.15, 0.2) is 35.1 Å². The maximum absolute atomic E-state index is 12.3. The molecule has 0 aliphatic heterocycles. The van der Waals surface area contributed by atoms with Crippen LogP contribution >= 0.6 is 0 Å². The number of ether oxygens (including phenoxy) is 2. The number of aromatic amines is 1. The second-order valence-corrected chi connectivity index (χ2v) is 10.2. The van der Waals surface area contributed by atoms with Crippen molar-refractivity contribution < 1.29 is 27.5 Å². The van der Waals surface area contributed by atoms with E-state index in [1.54, 1.807) is 45.0 Å². The summed E-state index contributed by atoms with van der Waals surface area (Å²) in [5, 5.41) is 9.76. The van der Waals surface area contributed by atoms with Crippen LogP contribution in [-0.4, -0.2) is 55.1 Å². The largest absolute Gasteiger partial charge is 0.453 e. The second kappa shape index (κ2) is 9.81. The predicted molar refractivity (Wildman–Crippen MR) is 118 cm³/mol. The molecule has 0 unspecified atom stereocenters. The highest BCUT2D eigenvalue weighted by Crippen LogP contribution is 2.20. The summed E-state index contributed by atoms with van der Waals surface area (Å²) in [6.07, 6.45) is -0.726. The topological polar surface area (TPSA) is 157 Å². The van der Waals surface area contributed by atoms with Crippen molar-refractivity contribution in [3.63, 3.8) is 0 Å². The lowest BCUT2D eigenvalue weighted by atomic mass is 10.1. The normalized spacial score (nSPS) is 12.5. The number of H-pyrrole nitrogens is 1. The molecular weight excluding hydrogens is 440 g/mol. The first-order valence-electron chi connectivity index (χ1n) is 9.51. The molecule has 2 amide bonds. The van der Waals surface area contributed by atoms with Crippen molar-refractivity contribution in [1.29, 1.82) is 0 Å². The lowest BCUT2D eigenvalue weighted by molar-refractivity contribution is 0.0519. The first kappa shape index (κ1) is 24.9. The number of methoxy groups -OCH3 is 1. The van der Waals surface area contributed by atoms with E-state index in [2.05, 4.69) is 25.6 Å². The van der Waals surface area contributed by atoms with Crippen LogP contribution in [0.25, 0.3) is 11.1 Å². The Balaban J connectivity index is 2.27. The van der Waals surface area contributed by atoms with Gasteiger partial charge in [0.05, 0.1) is 18.4 Å². The van der Waals surface area contributed by atoms with E-state index in [1.165, 1.54) is 13.2 Å². The smallest absolute Gasteiger partial charge is 0.411 e. The quantitative estimate of drug-likeness (QED) is 0.584. The molecule has 2 rings (SSSR count). The van der Waals surface area contributed by atoms with E-state index in [9.17, 15) is 22.8 Å². The van der Waals surface area contributed by atoms with Gasteiger partial charge in [0.2, 0.25) is 0 Å². The minimum atomic E-state index is -3.72. The van der Waals surface area contributed by atoms with Gasteiger partial charge >= 0.3 is 12.2 Å². The van der Waals surface area contributed by atoms with Crippen molar-refractivity contribution in [2.45, 2.75) is 38.2 Å². The molecule has 1 heterocycles. The van der Waals surface area contributed by atoms with E-state index in [1.807, 2.05) is 0 Å². The number of rotatable bonds is 6. The van der Waals surface area contributed by atoms with Gasteiger partial charge < -0.3 is 14.8 Å². The molecule has 1 atom stereocenters. The minimum Gasteiger partial charge on any atom is -0.453 e. The number of nitrogens with zero attached hydrogens (tertiary/aromatic N) is 1. The summed E-state index contributed by atoms with van der Waals surface area (Å²) in [7, 11) is -2.48. The average Bonchev–Trinajstić information content (AvgIpc) is 2.67. The Morgan fingerprint density at radius 2 is 1.78 bits per heavy atom. The summed E-state index contributed by atoms with van der Waals surface area (Å²) in [5.74, 6) is 0. The van der Waals surface area contributed by atoms with E-state index in [0.29, 0.717) is 11.3 Å². The van der Waals surface area contributed by atoms with Gasteiger partial charge in [0.15, 0.2) is 9.84 Å². The molecule has 174 valence electrons. The van der Waals surface area contributed by atoms with E-state index in [4.69, 9.17) is 4.74 Å². The zero-order valence-corrected chi connectivity index (χ0v) is 19.2. The monoisotopic (exact) mass is 466 g/mol. The molecule has 12 heteroatoms. The Bertz CT molecular complexity index is 1140. The summed E-state index contributed by atoms with van der Waals surface area (Å²) < 4.78 is 34.0. The van der Waals surface area contributed by atoms with Gasteiger partial charge in [-0.25, -0.2) is 23.1 Å². The fraction of sp³-hybridized carbons (Fsp3) is 0.400. The number of anilines is 1. The molecular formula is C20H26N4O7S. The van der Waals surface area contributed by atoms with Crippen molar-refractivity contribution in [1.82, 2.24) is 15.5 Å². The lowest BCUT2D eigenvalue weighted by Crippen LogP contribution is -2.44. The third kappa shape index (κ3) is 7.38.